The summed E-state index contributed by atoms with van der Waals surface area (Å²) in [6.07, 6.45) is 5.77. The third kappa shape index (κ3) is 5.21. The molecule has 0 amide bonds. The van der Waals surface area contributed by atoms with E-state index < -0.39 is 0 Å². The first-order valence-corrected chi connectivity index (χ1v) is 11.0. The number of rotatable bonds is 9. The van der Waals surface area contributed by atoms with Crippen LogP contribution in [-0.2, 0) is 10.2 Å². The number of hydrogen-bond acceptors (Lipinski definition) is 5. The van der Waals surface area contributed by atoms with Crippen molar-refractivity contribution in [3.63, 3.8) is 0 Å². The molecule has 1 saturated heterocycles. The molecule has 0 bridgehead atoms. The van der Waals surface area contributed by atoms with Crippen molar-refractivity contribution in [2.24, 2.45) is 4.99 Å². The monoisotopic (exact) mass is 425 g/mol. The fraction of sp³-hybridized carbons (Fsp3) is 0.500. The Hall–Kier alpha value is -2.53. The van der Waals surface area contributed by atoms with E-state index in [0.29, 0.717) is 5.75 Å². The Labute approximate surface area is 186 Å². The van der Waals surface area contributed by atoms with Crippen molar-refractivity contribution >= 4 is 6.21 Å². The van der Waals surface area contributed by atoms with Gasteiger partial charge in [-0.3, -0.25) is 4.99 Å². The molecule has 0 N–H and O–H groups in total. The molecular formula is C26H35NO4. The summed E-state index contributed by atoms with van der Waals surface area (Å²) in [5.41, 5.74) is 2.10. The highest BCUT2D eigenvalue weighted by molar-refractivity contribution is 5.80. The van der Waals surface area contributed by atoms with E-state index in [4.69, 9.17) is 23.9 Å². The van der Waals surface area contributed by atoms with Crippen molar-refractivity contribution in [3.05, 3.63) is 53.6 Å². The molecule has 5 nitrogen and oxygen atoms in total. The van der Waals surface area contributed by atoms with Crippen LogP contribution in [0.5, 0.6) is 17.2 Å². The first-order valence-electron chi connectivity index (χ1n) is 11.0. The van der Waals surface area contributed by atoms with Crippen molar-refractivity contribution in [3.8, 4) is 17.2 Å². The second-order valence-electron chi connectivity index (χ2n) is 8.46. The predicted octanol–water partition coefficient (Wildman–Crippen LogP) is 5.44. The van der Waals surface area contributed by atoms with Crippen LogP contribution in [0.2, 0.25) is 0 Å². The molecule has 0 unspecified atom stereocenters. The highest BCUT2D eigenvalue weighted by Gasteiger charge is 2.44. The van der Waals surface area contributed by atoms with E-state index in [-0.39, 0.29) is 11.0 Å². The van der Waals surface area contributed by atoms with Crippen molar-refractivity contribution < 1.29 is 18.9 Å². The lowest BCUT2D eigenvalue weighted by Gasteiger charge is -2.47. The molecule has 0 aliphatic carbocycles. The maximum atomic E-state index is 6.18. The molecule has 1 aliphatic heterocycles. The maximum absolute atomic E-state index is 6.18. The minimum Gasteiger partial charge on any atom is -0.496 e. The Balaban J connectivity index is 1.82. The van der Waals surface area contributed by atoms with Gasteiger partial charge in [-0.15, -0.1) is 0 Å². The minimum atomic E-state index is -0.133. The number of nitrogens with zero attached hydrogens (tertiary/aromatic N) is 1. The molecule has 0 saturated carbocycles. The van der Waals surface area contributed by atoms with E-state index in [9.17, 15) is 0 Å². The van der Waals surface area contributed by atoms with E-state index in [1.54, 1.807) is 21.3 Å². The van der Waals surface area contributed by atoms with E-state index in [1.807, 2.05) is 30.5 Å². The summed E-state index contributed by atoms with van der Waals surface area (Å²) in [6, 6.07) is 14.2. The average Bonchev–Trinajstić information content (AvgIpc) is 2.81. The summed E-state index contributed by atoms with van der Waals surface area (Å²) in [5.74, 6) is 2.38. The second kappa shape index (κ2) is 10.2. The van der Waals surface area contributed by atoms with Crippen molar-refractivity contribution in [2.45, 2.75) is 50.5 Å². The number of benzene rings is 2. The summed E-state index contributed by atoms with van der Waals surface area (Å²) < 4.78 is 22.6. The molecule has 3 rings (SSSR count). The molecule has 0 radical (unpaired) electrons. The molecule has 2 aromatic carbocycles. The molecule has 0 aromatic heterocycles. The number of aliphatic imine (C=N–C) groups is 1. The molecule has 2 atom stereocenters. The summed E-state index contributed by atoms with van der Waals surface area (Å²) in [5, 5.41) is 0. The summed E-state index contributed by atoms with van der Waals surface area (Å²) in [6.45, 7) is 5.91. The van der Waals surface area contributed by atoms with Crippen LogP contribution in [0.3, 0.4) is 0 Å². The fourth-order valence-corrected chi connectivity index (χ4v) is 4.62. The lowest BCUT2D eigenvalue weighted by atomic mass is 9.66. The first kappa shape index (κ1) is 23.1. The minimum absolute atomic E-state index is 0.0233. The van der Waals surface area contributed by atoms with Gasteiger partial charge in [-0.2, -0.15) is 0 Å². The lowest BCUT2D eigenvalue weighted by Crippen LogP contribution is -2.46. The second-order valence-corrected chi connectivity index (χ2v) is 8.46. The van der Waals surface area contributed by atoms with Crippen LogP contribution in [0.25, 0.3) is 0 Å². The Bertz CT molecular complexity index is 897. The Morgan fingerprint density at radius 3 is 2.45 bits per heavy atom. The molecule has 2 aromatic rings. The largest absolute Gasteiger partial charge is 0.496 e. The third-order valence-electron chi connectivity index (χ3n) is 6.54. The SMILES string of the molecule is CC[C@]1(C)C[C@@](CCN=Cc2ccc(OC)c(OC)c2)(c2ccccc2OC)CCO1. The predicted molar refractivity (Wildman–Crippen MR) is 125 cm³/mol. The van der Waals surface area contributed by atoms with E-state index in [1.165, 1.54) is 5.56 Å². The Morgan fingerprint density at radius 2 is 1.74 bits per heavy atom. The molecule has 31 heavy (non-hydrogen) atoms. The van der Waals surface area contributed by atoms with Gasteiger partial charge in [0.05, 0.1) is 26.9 Å². The van der Waals surface area contributed by atoms with Crippen LogP contribution >= 0.6 is 0 Å². The maximum Gasteiger partial charge on any atom is 0.161 e. The molecule has 168 valence electrons. The van der Waals surface area contributed by atoms with E-state index in [2.05, 4.69) is 32.0 Å². The van der Waals surface area contributed by atoms with Gasteiger partial charge >= 0.3 is 0 Å². The zero-order valence-corrected chi connectivity index (χ0v) is 19.4. The quantitative estimate of drug-likeness (QED) is 0.502. The summed E-state index contributed by atoms with van der Waals surface area (Å²) >= 11 is 0. The lowest BCUT2D eigenvalue weighted by molar-refractivity contribution is -0.0979. The number of hydrogen-bond donors (Lipinski definition) is 0. The molecule has 0 spiro atoms. The Kier molecular flexibility index (Phi) is 7.60. The van der Waals surface area contributed by atoms with Gasteiger partial charge in [-0.1, -0.05) is 25.1 Å². The van der Waals surface area contributed by atoms with Crippen LogP contribution in [0.4, 0.5) is 0 Å². The number of methoxy groups -OCH3 is 3. The van der Waals surface area contributed by atoms with Crippen LogP contribution in [0, 0.1) is 0 Å². The van der Waals surface area contributed by atoms with Gasteiger partial charge in [-0.25, -0.2) is 0 Å². The summed E-state index contributed by atoms with van der Waals surface area (Å²) in [4.78, 5) is 4.76. The third-order valence-corrected chi connectivity index (χ3v) is 6.54. The van der Waals surface area contributed by atoms with Gasteiger partial charge < -0.3 is 18.9 Å². The van der Waals surface area contributed by atoms with Gasteiger partial charge in [0.15, 0.2) is 11.5 Å². The van der Waals surface area contributed by atoms with Gasteiger partial charge in [0, 0.05) is 30.3 Å². The van der Waals surface area contributed by atoms with E-state index in [0.717, 1.165) is 55.9 Å². The smallest absolute Gasteiger partial charge is 0.161 e. The van der Waals surface area contributed by atoms with Crippen molar-refractivity contribution in [2.75, 3.05) is 34.5 Å². The van der Waals surface area contributed by atoms with Crippen LogP contribution < -0.4 is 14.2 Å². The topological polar surface area (TPSA) is 49.3 Å². The van der Waals surface area contributed by atoms with Crippen molar-refractivity contribution in [1.29, 1.82) is 0 Å². The molecule has 1 fully saturated rings. The molecule has 5 heteroatoms. The highest BCUT2D eigenvalue weighted by atomic mass is 16.5. The van der Waals surface area contributed by atoms with Crippen LogP contribution in [-0.4, -0.2) is 46.3 Å². The summed E-state index contributed by atoms with van der Waals surface area (Å²) in [7, 11) is 5.03. The Morgan fingerprint density at radius 1 is 1.00 bits per heavy atom. The van der Waals surface area contributed by atoms with Gasteiger partial charge in [0.25, 0.3) is 0 Å². The number of ether oxygens (including phenoxy) is 4. The molecular weight excluding hydrogens is 390 g/mol. The van der Waals surface area contributed by atoms with Gasteiger partial charge in [0.1, 0.15) is 5.75 Å². The van der Waals surface area contributed by atoms with Gasteiger partial charge in [-0.05, 0) is 62.4 Å². The highest BCUT2D eigenvalue weighted by Crippen LogP contribution is 2.48. The normalized spacial score (nSPS) is 23.6. The van der Waals surface area contributed by atoms with Gasteiger partial charge in [0.2, 0.25) is 0 Å². The molecule has 1 aliphatic rings. The first-order chi connectivity index (χ1) is 15.0. The van der Waals surface area contributed by atoms with E-state index >= 15 is 0 Å². The van der Waals surface area contributed by atoms with Crippen LogP contribution in [0.15, 0.2) is 47.5 Å². The zero-order chi connectivity index (χ0) is 22.3. The fourth-order valence-electron chi connectivity index (χ4n) is 4.62. The zero-order valence-electron chi connectivity index (χ0n) is 19.4. The van der Waals surface area contributed by atoms with Crippen molar-refractivity contribution in [1.82, 2.24) is 0 Å². The van der Waals surface area contributed by atoms with Crippen LogP contribution in [0.1, 0.15) is 50.7 Å². The standard InChI is InChI=1S/C26H35NO4/c1-6-25(2)19-26(14-16-31-25,21-9-7-8-10-22(21)28-3)13-15-27-18-20-11-12-23(29-4)24(17-20)30-5/h7-12,17-18H,6,13-16,19H2,1-5H3/t25-,26+/m1/s1. The molecule has 1 heterocycles. The number of para-hydroxylation sites is 1. The average molecular weight is 426 g/mol.